The van der Waals surface area contributed by atoms with E-state index < -0.39 is 0 Å². The second kappa shape index (κ2) is 4.80. The number of nitrogens with one attached hydrogen (secondary N) is 1. The molecule has 0 saturated carbocycles. The van der Waals surface area contributed by atoms with Crippen molar-refractivity contribution in [1.82, 2.24) is 10.3 Å². The number of hydrogen-bond donors (Lipinski definition) is 2. The number of piperazine rings is 1. The molecule has 0 amide bonds. The van der Waals surface area contributed by atoms with Gasteiger partial charge in [0.15, 0.2) is 0 Å². The molecule has 2 atom stereocenters. The first-order valence-corrected chi connectivity index (χ1v) is 5.87. The molecule has 4 heteroatoms. The van der Waals surface area contributed by atoms with E-state index in [-0.39, 0.29) is 6.04 Å². The third-order valence-electron chi connectivity index (χ3n) is 2.92. The quantitative estimate of drug-likeness (QED) is 0.777. The molecule has 0 radical (unpaired) electrons. The van der Waals surface area contributed by atoms with Crippen LogP contribution < -0.4 is 16.0 Å². The van der Waals surface area contributed by atoms with Crippen LogP contribution in [0.3, 0.4) is 0 Å². The van der Waals surface area contributed by atoms with Gasteiger partial charge in [-0.15, -0.1) is 0 Å². The molecule has 1 saturated heterocycles. The molecule has 1 aromatic rings. The Balaban J connectivity index is 2.16. The van der Waals surface area contributed by atoms with Gasteiger partial charge in [0.2, 0.25) is 0 Å². The zero-order valence-electron chi connectivity index (χ0n) is 9.98. The second-order valence-corrected chi connectivity index (χ2v) is 4.51. The third kappa shape index (κ3) is 2.51. The maximum atomic E-state index is 5.85. The van der Waals surface area contributed by atoms with Crippen molar-refractivity contribution in [2.75, 3.05) is 24.5 Å². The van der Waals surface area contributed by atoms with Gasteiger partial charge < -0.3 is 16.0 Å². The van der Waals surface area contributed by atoms with Gasteiger partial charge in [-0.25, -0.2) is 4.98 Å². The van der Waals surface area contributed by atoms with Gasteiger partial charge in [0, 0.05) is 31.7 Å². The van der Waals surface area contributed by atoms with Crippen LogP contribution in [0.1, 0.15) is 25.6 Å². The molecule has 1 aromatic heterocycles. The lowest BCUT2D eigenvalue weighted by Gasteiger charge is -2.33. The van der Waals surface area contributed by atoms with E-state index in [0.29, 0.717) is 6.04 Å². The monoisotopic (exact) mass is 220 g/mol. The summed E-state index contributed by atoms with van der Waals surface area (Å²) in [6, 6.07) is 6.60. The number of rotatable bonds is 2. The number of anilines is 1. The first-order valence-electron chi connectivity index (χ1n) is 5.87. The Bertz CT molecular complexity index is 351. The van der Waals surface area contributed by atoms with Crippen molar-refractivity contribution in [3.63, 3.8) is 0 Å². The maximum absolute atomic E-state index is 5.85. The van der Waals surface area contributed by atoms with Gasteiger partial charge in [0.1, 0.15) is 5.82 Å². The summed E-state index contributed by atoms with van der Waals surface area (Å²) in [5.41, 5.74) is 6.81. The highest BCUT2D eigenvalue weighted by atomic mass is 15.2. The van der Waals surface area contributed by atoms with Crippen molar-refractivity contribution in [2.45, 2.75) is 25.9 Å². The molecule has 1 aliphatic rings. The van der Waals surface area contributed by atoms with Crippen molar-refractivity contribution in [3.05, 3.63) is 23.9 Å². The molecule has 1 aliphatic heterocycles. The zero-order chi connectivity index (χ0) is 11.5. The van der Waals surface area contributed by atoms with E-state index in [0.717, 1.165) is 31.1 Å². The van der Waals surface area contributed by atoms with Crippen LogP contribution >= 0.6 is 0 Å². The van der Waals surface area contributed by atoms with Crippen LogP contribution in [0.5, 0.6) is 0 Å². The zero-order valence-corrected chi connectivity index (χ0v) is 9.98. The summed E-state index contributed by atoms with van der Waals surface area (Å²) < 4.78 is 0. The molecular weight excluding hydrogens is 200 g/mol. The first-order chi connectivity index (χ1) is 7.66. The van der Waals surface area contributed by atoms with Gasteiger partial charge in [-0.2, -0.15) is 0 Å². The summed E-state index contributed by atoms with van der Waals surface area (Å²) in [6.45, 7) is 7.20. The van der Waals surface area contributed by atoms with E-state index >= 15 is 0 Å². The molecule has 3 N–H and O–H groups in total. The Morgan fingerprint density at radius 2 is 2.38 bits per heavy atom. The lowest BCUT2D eigenvalue weighted by Crippen LogP contribution is -2.49. The van der Waals surface area contributed by atoms with E-state index in [1.54, 1.807) is 0 Å². The Hall–Kier alpha value is -1.13. The number of pyridine rings is 1. The van der Waals surface area contributed by atoms with Gasteiger partial charge in [0.05, 0.1) is 5.69 Å². The summed E-state index contributed by atoms with van der Waals surface area (Å²) in [7, 11) is 0. The molecular formula is C12H20N4. The minimum Gasteiger partial charge on any atom is -0.354 e. The fourth-order valence-electron chi connectivity index (χ4n) is 2.01. The fraction of sp³-hybridized carbons (Fsp3) is 0.583. The van der Waals surface area contributed by atoms with Crippen LogP contribution in [-0.4, -0.2) is 30.7 Å². The van der Waals surface area contributed by atoms with Crippen molar-refractivity contribution < 1.29 is 0 Å². The SMILES string of the molecule is C[C@@H]1CN(c2cccc([C@@H](C)N)n2)CCN1. The Labute approximate surface area is 96.8 Å². The lowest BCUT2D eigenvalue weighted by molar-refractivity contribution is 0.482. The van der Waals surface area contributed by atoms with Crippen molar-refractivity contribution in [2.24, 2.45) is 5.73 Å². The number of nitrogens with zero attached hydrogens (tertiary/aromatic N) is 2. The van der Waals surface area contributed by atoms with E-state index in [2.05, 4.69) is 28.2 Å². The molecule has 1 fully saturated rings. The van der Waals surface area contributed by atoms with Crippen LogP contribution in [0.4, 0.5) is 5.82 Å². The van der Waals surface area contributed by atoms with E-state index in [9.17, 15) is 0 Å². The molecule has 2 heterocycles. The predicted molar refractivity (Wildman–Crippen MR) is 66.5 cm³/mol. The smallest absolute Gasteiger partial charge is 0.128 e. The Morgan fingerprint density at radius 1 is 1.56 bits per heavy atom. The molecule has 0 spiro atoms. The molecule has 0 aromatic carbocycles. The average Bonchev–Trinajstić information content (AvgIpc) is 2.29. The van der Waals surface area contributed by atoms with E-state index in [1.165, 1.54) is 0 Å². The van der Waals surface area contributed by atoms with E-state index in [1.807, 2.05) is 19.1 Å². The summed E-state index contributed by atoms with van der Waals surface area (Å²) in [5.74, 6) is 1.04. The molecule has 88 valence electrons. The van der Waals surface area contributed by atoms with Gasteiger partial charge in [-0.1, -0.05) is 6.07 Å². The number of nitrogens with two attached hydrogens (primary N) is 1. The van der Waals surface area contributed by atoms with Gasteiger partial charge in [-0.3, -0.25) is 0 Å². The lowest BCUT2D eigenvalue weighted by atomic mass is 10.2. The highest BCUT2D eigenvalue weighted by Crippen LogP contribution is 2.16. The normalized spacial score (nSPS) is 23.2. The van der Waals surface area contributed by atoms with Crippen molar-refractivity contribution >= 4 is 5.82 Å². The van der Waals surface area contributed by atoms with Crippen LogP contribution in [0.15, 0.2) is 18.2 Å². The van der Waals surface area contributed by atoms with Crippen LogP contribution in [-0.2, 0) is 0 Å². The van der Waals surface area contributed by atoms with Crippen molar-refractivity contribution in [1.29, 1.82) is 0 Å². The standard InChI is InChI=1S/C12H20N4/c1-9-8-16(7-6-14-9)12-5-3-4-11(15-12)10(2)13/h3-5,9-10,14H,6-8,13H2,1-2H3/t9-,10-/m1/s1. The van der Waals surface area contributed by atoms with E-state index in [4.69, 9.17) is 5.73 Å². The summed E-state index contributed by atoms with van der Waals surface area (Å²) in [5, 5.41) is 3.42. The highest BCUT2D eigenvalue weighted by molar-refractivity contribution is 5.40. The predicted octanol–water partition coefficient (Wildman–Crippen LogP) is 0.899. The maximum Gasteiger partial charge on any atom is 0.128 e. The minimum atomic E-state index is 0.000268. The summed E-state index contributed by atoms with van der Waals surface area (Å²) in [4.78, 5) is 6.92. The van der Waals surface area contributed by atoms with Crippen molar-refractivity contribution in [3.8, 4) is 0 Å². The van der Waals surface area contributed by atoms with Crippen LogP contribution in [0.2, 0.25) is 0 Å². The average molecular weight is 220 g/mol. The fourth-order valence-corrected chi connectivity index (χ4v) is 2.01. The van der Waals surface area contributed by atoms with Gasteiger partial charge in [-0.05, 0) is 26.0 Å². The molecule has 16 heavy (non-hydrogen) atoms. The first kappa shape index (κ1) is 11.4. The largest absolute Gasteiger partial charge is 0.354 e. The second-order valence-electron chi connectivity index (χ2n) is 4.51. The van der Waals surface area contributed by atoms with Gasteiger partial charge >= 0.3 is 0 Å². The highest BCUT2D eigenvalue weighted by Gasteiger charge is 2.17. The molecule has 4 nitrogen and oxygen atoms in total. The van der Waals surface area contributed by atoms with Crippen LogP contribution in [0, 0.1) is 0 Å². The topological polar surface area (TPSA) is 54.2 Å². The molecule has 0 bridgehead atoms. The molecule has 0 aliphatic carbocycles. The minimum absolute atomic E-state index is 0.000268. The third-order valence-corrected chi connectivity index (χ3v) is 2.92. The van der Waals surface area contributed by atoms with Gasteiger partial charge in [0.25, 0.3) is 0 Å². The summed E-state index contributed by atoms with van der Waals surface area (Å²) >= 11 is 0. The van der Waals surface area contributed by atoms with Crippen LogP contribution in [0.25, 0.3) is 0 Å². The summed E-state index contributed by atoms with van der Waals surface area (Å²) in [6.07, 6.45) is 0. The number of hydrogen-bond acceptors (Lipinski definition) is 4. The number of aromatic nitrogens is 1. The Kier molecular flexibility index (Phi) is 3.41. The Morgan fingerprint density at radius 3 is 3.06 bits per heavy atom. The molecule has 0 unspecified atom stereocenters. The molecule has 2 rings (SSSR count).